The van der Waals surface area contributed by atoms with E-state index in [9.17, 15) is 5.11 Å². The molecule has 1 aromatic rings. The van der Waals surface area contributed by atoms with Crippen LogP contribution in [0.4, 0.5) is 0 Å². The Balaban J connectivity index is 2.20. The molecule has 1 aromatic carbocycles. The number of aliphatic hydroxyl groups excluding tert-OH is 1. The lowest BCUT2D eigenvalue weighted by Crippen LogP contribution is -2.43. The number of rotatable bonds is 7. The van der Waals surface area contributed by atoms with Crippen LogP contribution < -0.4 is 14.8 Å². The van der Waals surface area contributed by atoms with E-state index in [1.165, 1.54) is 12.8 Å². The van der Waals surface area contributed by atoms with E-state index in [2.05, 4.69) is 5.32 Å². The van der Waals surface area contributed by atoms with E-state index < -0.39 is 5.54 Å². The SMILES string of the molecule is COc1ccc(C(C)(CO)NCC2CC2)cc1OC. The number of hydrogen-bond donors (Lipinski definition) is 2. The second-order valence-electron chi connectivity index (χ2n) is 5.38. The zero-order valence-electron chi connectivity index (χ0n) is 11.9. The molecule has 0 saturated heterocycles. The Bertz CT molecular complexity index is 431. The van der Waals surface area contributed by atoms with Crippen LogP contribution in [0.5, 0.6) is 11.5 Å². The van der Waals surface area contributed by atoms with E-state index in [4.69, 9.17) is 9.47 Å². The molecular weight excluding hydrogens is 242 g/mol. The number of benzene rings is 1. The highest BCUT2D eigenvalue weighted by atomic mass is 16.5. The monoisotopic (exact) mass is 265 g/mol. The molecule has 0 spiro atoms. The highest BCUT2D eigenvalue weighted by Gasteiger charge is 2.30. The fourth-order valence-electron chi connectivity index (χ4n) is 2.12. The first-order valence-corrected chi connectivity index (χ1v) is 6.71. The van der Waals surface area contributed by atoms with Crippen LogP contribution in [0, 0.1) is 5.92 Å². The molecule has 0 aromatic heterocycles. The van der Waals surface area contributed by atoms with Gasteiger partial charge in [0.15, 0.2) is 11.5 Å². The quantitative estimate of drug-likeness (QED) is 0.790. The molecule has 0 amide bonds. The molecular formula is C15H23NO3. The molecule has 1 saturated carbocycles. The van der Waals surface area contributed by atoms with Crippen molar-refractivity contribution in [3.05, 3.63) is 23.8 Å². The maximum absolute atomic E-state index is 9.73. The highest BCUT2D eigenvalue weighted by molar-refractivity contribution is 5.45. The normalized spacial score (nSPS) is 17.9. The molecule has 1 atom stereocenters. The molecule has 19 heavy (non-hydrogen) atoms. The summed E-state index contributed by atoms with van der Waals surface area (Å²) >= 11 is 0. The van der Waals surface area contributed by atoms with Crippen LogP contribution in [0.25, 0.3) is 0 Å². The van der Waals surface area contributed by atoms with Crippen LogP contribution in [-0.2, 0) is 5.54 Å². The van der Waals surface area contributed by atoms with Crippen molar-refractivity contribution in [3.63, 3.8) is 0 Å². The van der Waals surface area contributed by atoms with E-state index in [1.807, 2.05) is 25.1 Å². The third kappa shape index (κ3) is 3.19. The van der Waals surface area contributed by atoms with Gasteiger partial charge in [0.05, 0.1) is 26.4 Å². The van der Waals surface area contributed by atoms with Crippen LogP contribution in [0.3, 0.4) is 0 Å². The van der Waals surface area contributed by atoms with Crippen molar-refractivity contribution < 1.29 is 14.6 Å². The second-order valence-corrected chi connectivity index (χ2v) is 5.38. The van der Waals surface area contributed by atoms with Crippen molar-refractivity contribution in [2.24, 2.45) is 5.92 Å². The van der Waals surface area contributed by atoms with Gasteiger partial charge in [-0.3, -0.25) is 0 Å². The lowest BCUT2D eigenvalue weighted by atomic mass is 9.92. The molecule has 106 valence electrons. The summed E-state index contributed by atoms with van der Waals surface area (Å²) in [5.41, 5.74) is 0.565. The summed E-state index contributed by atoms with van der Waals surface area (Å²) in [6.07, 6.45) is 2.58. The fraction of sp³-hybridized carbons (Fsp3) is 0.600. The van der Waals surface area contributed by atoms with Crippen molar-refractivity contribution in [1.82, 2.24) is 5.32 Å². The summed E-state index contributed by atoms with van der Waals surface area (Å²) in [4.78, 5) is 0. The molecule has 1 aliphatic carbocycles. The Labute approximate surface area is 114 Å². The van der Waals surface area contributed by atoms with Crippen LogP contribution in [0.15, 0.2) is 18.2 Å². The van der Waals surface area contributed by atoms with Gasteiger partial charge in [0.1, 0.15) is 0 Å². The largest absolute Gasteiger partial charge is 0.493 e. The van der Waals surface area contributed by atoms with E-state index in [-0.39, 0.29) is 6.61 Å². The van der Waals surface area contributed by atoms with Crippen LogP contribution >= 0.6 is 0 Å². The van der Waals surface area contributed by atoms with Gasteiger partial charge in [-0.15, -0.1) is 0 Å². The topological polar surface area (TPSA) is 50.7 Å². The van der Waals surface area contributed by atoms with E-state index in [1.54, 1.807) is 14.2 Å². The van der Waals surface area contributed by atoms with Gasteiger partial charge < -0.3 is 19.9 Å². The minimum absolute atomic E-state index is 0.0508. The predicted octanol–water partition coefficient (Wildman–Crippen LogP) is 1.91. The Morgan fingerprint density at radius 1 is 1.26 bits per heavy atom. The van der Waals surface area contributed by atoms with Crippen LogP contribution in [-0.4, -0.2) is 32.5 Å². The molecule has 1 fully saturated rings. The van der Waals surface area contributed by atoms with Gasteiger partial charge in [-0.2, -0.15) is 0 Å². The Hall–Kier alpha value is -1.26. The summed E-state index contributed by atoms with van der Waals surface area (Å²) in [5.74, 6) is 2.16. The smallest absolute Gasteiger partial charge is 0.161 e. The van der Waals surface area contributed by atoms with Crippen molar-refractivity contribution in [2.75, 3.05) is 27.4 Å². The first kappa shape index (κ1) is 14.2. The maximum atomic E-state index is 9.73. The van der Waals surface area contributed by atoms with Gasteiger partial charge >= 0.3 is 0 Å². The number of methoxy groups -OCH3 is 2. The lowest BCUT2D eigenvalue weighted by molar-refractivity contribution is 0.173. The minimum Gasteiger partial charge on any atom is -0.493 e. The molecule has 2 rings (SSSR count). The predicted molar refractivity (Wildman–Crippen MR) is 74.7 cm³/mol. The minimum atomic E-state index is -0.442. The average molecular weight is 265 g/mol. The van der Waals surface area contributed by atoms with E-state index in [0.717, 1.165) is 18.0 Å². The Morgan fingerprint density at radius 3 is 2.47 bits per heavy atom. The standard InChI is InChI=1S/C15H23NO3/c1-15(10-17,16-9-11-4-5-11)12-6-7-13(18-2)14(8-12)19-3/h6-8,11,16-17H,4-5,9-10H2,1-3H3. The van der Waals surface area contributed by atoms with Crippen molar-refractivity contribution in [1.29, 1.82) is 0 Å². The first-order valence-electron chi connectivity index (χ1n) is 6.71. The third-order valence-electron chi connectivity index (χ3n) is 3.81. The summed E-state index contributed by atoms with van der Waals surface area (Å²) in [6.45, 7) is 3.01. The molecule has 4 nitrogen and oxygen atoms in total. The molecule has 0 aliphatic heterocycles. The summed E-state index contributed by atoms with van der Waals surface area (Å²) < 4.78 is 10.6. The summed E-state index contributed by atoms with van der Waals surface area (Å²) in [7, 11) is 3.24. The first-order chi connectivity index (χ1) is 9.12. The van der Waals surface area contributed by atoms with Gasteiger partial charge in [-0.1, -0.05) is 6.07 Å². The molecule has 1 unspecified atom stereocenters. The van der Waals surface area contributed by atoms with E-state index in [0.29, 0.717) is 11.5 Å². The molecule has 2 N–H and O–H groups in total. The Morgan fingerprint density at radius 2 is 1.95 bits per heavy atom. The average Bonchev–Trinajstić information content (AvgIpc) is 3.28. The number of ether oxygens (including phenoxy) is 2. The Kier molecular flexibility index (Phi) is 4.32. The molecule has 0 bridgehead atoms. The second kappa shape index (κ2) is 5.80. The van der Waals surface area contributed by atoms with Crippen LogP contribution in [0.2, 0.25) is 0 Å². The zero-order chi connectivity index (χ0) is 13.9. The van der Waals surface area contributed by atoms with Crippen LogP contribution in [0.1, 0.15) is 25.3 Å². The summed E-state index contributed by atoms with van der Waals surface area (Å²) in [6, 6.07) is 5.77. The molecule has 0 heterocycles. The number of hydrogen-bond acceptors (Lipinski definition) is 4. The van der Waals surface area contributed by atoms with Gasteiger partial charge in [0, 0.05) is 0 Å². The van der Waals surface area contributed by atoms with Gasteiger partial charge in [-0.25, -0.2) is 0 Å². The zero-order valence-corrected chi connectivity index (χ0v) is 11.9. The van der Waals surface area contributed by atoms with E-state index >= 15 is 0 Å². The van der Waals surface area contributed by atoms with Crippen molar-refractivity contribution in [2.45, 2.75) is 25.3 Å². The van der Waals surface area contributed by atoms with Crippen molar-refractivity contribution in [3.8, 4) is 11.5 Å². The molecule has 1 aliphatic rings. The lowest BCUT2D eigenvalue weighted by Gasteiger charge is -2.30. The van der Waals surface area contributed by atoms with Gasteiger partial charge in [-0.05, 0) is 49.9 Å². The van der Waals surface area contributed by atoms with Gasteiger partial charge in [0.2, 0.25) is 0 Å². The molecule has 0 radical (unpaired) electrons. The molecule has 4 heteroatoms. The van der Waals surface area contributed by atoms with Gasteiger partial charge in [0.25, 0.3) is 0 Å². The number of aliphatic hydroxyl groups is 1. The maximum Gasteiger partial charge on any atom is 0.161 e. The third-order valence-corrected chi connectivity index (χ3v) is 3.81. The number of nitrogens with one attached hydrogen (secondary N) is 1. The highest BCUT2D eigenvalue weighted by Crippen LogP contribution is 2.33. The summed E-state index contributed by atoms with van der Waals surface area (Å²) in [5, 5.41) is 13.2. The van der Waals surface area contributed by atoms with Crippen molar-refractivity contribution >= 4 is 0 Å². The fourth-order valence-corrected chi connectivity index (χ4v) is 2.12.